The Bertz CT molecular complexity index is 1280. The van der Waals surface area contributed by atoms with Gasteiger partial charge in [-0.15, -0.1) is 0 Å². The van der Waals surface area contributed by atoms with Crippen LogP contribution < -0.4 is 33.2 Å². The van der Waals surface area contributed by atoms with Crippen LogP contribution in [0.4, 0.5) is 0 Å². The number of benzene rings is 2. The lowest BCUT2D eigenvalue weighted by atomic mass is 10.0. The molecule has 0 bridgehead atoms. The van der Waals surface area contributed by atoms with Crippen molar-refractivity contribution in [1.82, 2.24) is 20.9 Å². The molecule has 1 fully saturated rings. The summed E-state index contributed by atoms with van der Waals surface area (Å²) in [6.45, 7) is 3.57. The Morgan fingerprint density at radius 3 is 2.02 bits per heavy atom. The zero-order chi connectivity index (χ0) is 33.3. The lowest BCUT2D eigenvalue weighted by molar-refractivity contribution is -0.137. The summed E-state index contributed by atoms with van der Waals surface area (Å²) >= 11 is 0. The molecule has 4 atom stereocenters. The van der Waals surface area contributed by atoms with E-state index < -0.39 is 41.9 Å². The average Bonchev–Trinajstić information content (AvgIpc) is 3.35. The van der Waals surface area contributed by atoms with Crippen LogP contribution in [0.15, 0.2) is 65.7 Å². The molecular formula is C33H48N8O5. The van der Waals surface area contributed by atoms with Crippen molar-refractivity contribution in [3.8, 4) is 0 Å². The van der Waals surface area contributed by atoms with E-state index in [2.05, 4.69) is 20.9 Å². The molecule has 0 saturated carbocycles. The first-order valence-corrected chi connectivity index (χ1v) is 15.8. The van der Waals surface area contributed by atoms with Gasteiger partial charge in [-0.3, -0.25) is 24.2 Å². The molecule has 2 aromatic rings. The summed E-state index contributed by atoms with van der Waals surface area (Å²) in [5, 5.41) is 8.40. The van der Waals surface area contributed by atoms with Gasteiger partial charge in [0, 0.05) is 26.1 Å². The molecule has 13 heteroatoms. The Kier molecular flexibility index (Phi) is 15.0. The monoisotopic (exact) mass is 636 g/mol. The van der Waals surface area contributed by atoms with Crippen molar-refractivity contribution in [2.75, 3.05) is 32.8 Å². The molecule has 0 unspecified atom stereocenters. The van der Waals surface area contributed by atoms with E-state index in [-0.39, 0.29) is 24.8 Å². The summed E-state index contributed by atoms with van der Waals surface area (Å²) in [5.41, 5.74) is 19.0. The van der Waals surface area contributed by atoms with Gasteiger partial charge in [0.15, 0.2) is 5.96 Å². The normalized spacial score (nSPS) is 15.7. The number of nitrogens with one attached hydrogen (secondary N) is 3. The molecule has 2 aromatic carbocycles. The number of carbonyl (C=O) groups is 4. The maximum absolute atomic E-state index is 13.8. The van der Waals surface area contributed by atoms with Gasteiger partial charge in [-0.25, -0.2) is 0 Å². The van der Waals surface area contributed by atoms with Crippen LogP contribution in [-0.2, 0) is 36.8 Å². The molecule has 4 amide bonds. The Hall–Kier alpha value is -4.49. The van der Waals surface area contributed by atoms with Crippen LogP contribution in [0.1, 0.15) is 43.7 Å². The molecular weight excluding hydrogens is 588 g/mol. The number of unbranched alkanes of at least 4 members (excludes halogenated alkanes) is 1. The van der Waals surface area contributed by atoms with Crippen LogP contribution in [0, 0.1) is 0 Å². The molecule has 9 N–H and O–H groups in total. The number of guanidine groups is 1. The average molecular weight is 637 g/mol. The van der Waals surface area contributed by atoms with Crippen LogP contribution in [0.3, 0.4) is 0 Å². The molecule has 3 rings (SSSR count). The van der Waals surface area contributed by atoms with E-state index in [1.807, 2.05) is 67.6 Å². The molecule has 0 spiro atoms. The predicted octanol–water partition coefficient (Wildman–Crippen LogP) is -0.0340. The maximum Gasteiger partial charge on any atom is 0.247 e. The zero-order valence-electron chi connectivity index (χ0n) is 26.5. The lowest BCUT2D eigenvalue weighted by Crippen LogP contribution is -2.59. The number of aliphatic imine (C=N–C) groups is 1. The minimum absolute atomic E-state index is 0.162. The lowest BCUT2D eigenvalue weighted by Gasteiger charge is -2.28. The van der Waals surface area contributed by atoms with E-state index in [0.29, 0.717) is 52.0 Å². The summed E-state index contributed by atoms with van der Waals surface area (Å²) in [6.07, 6.45) is 2.85. The van der Waals surface area contributed by atoms with Gasteiger partial charge in [-0.05, 0) is 30.4 Å². The molecule has 0 aliphatic carbocycles. The fourth-order valence-corrected chi connectivity index (χ4v) is 5.09. The number of nitrogens with zero attached hydrogens (tertiary/aromatic N) is 2. The number of nitrogens with two attached hydrogens (primary N) is 3. The number of amides is 4. The van der Waals surface area contributed by atoms with Gasteiger partial charge in [-0.1, -0.05) is 80.4 Å². The minimum Gasteiger partial charge on any atom is -0.380 e. The summed E-state index contributed by atoms with van der Waals surface area (Å²) < 4.78 is 5.46. The smallest absolute Gasteiger partial charge is 0.247 e. The Morgan fingerprint density at radius 2 is 1.39 bits per heavy atom. The molecule has 1 saturated heterocycles. The van der Waals surface area contributed by atoms with Crippen molar-refractivity contribution in [1.29, 1.82) is 0 Å². The van der Waals surface area contributed by atoms with Crippen LogP contribution in [0.5, 0.6) is 0 Å². The number of carbonyl (C=O) groups excluding carboxylic acids is 4. The third-order valence-corrected chi connectivity index (χ3v) is 7.64. The third-order valence-electron chi connectivity index (χ3n) is 7.64. The maximum atomic E-state index is 13.8. The van der Waals surface area contributed by atoms with Gasteiger partial charge in [0.1, 0.15) is 18.1 Å². The SMILES string of the molecule is CCCC[C@@H](NC(=O)[C@@H](Cc1ccccc1)NC(=O)[C@H](N)Cc1ccccc1)C(=O)N[C@H](CN=C(N)N)C(=O)N1CCCOCC1. The van der Waals surface area contributed by atoms with Gasteiger partial charge >= 0.3 is 0 Å². The van der Waals surface area contributed by atoms with Crippen LogP contribution in [0.2, 0.25) is 0 Å². The van der Waals surface area contributed by atoms with E-state index in [1.54, 1.807) is 4.90 Å². The van der Waals surface area contributed by atoms with E-state index in [0.717, 1.165) is 17.5 Å². The standard InChI is InChI=1S/C33H48N8O5/c1-2-3-15-26(30(43)40-28(22-37-33(35)36)32(45)41-16-10-18-46-19-17-41)38-31(44)27(21-24-13-8-5-9-14-24)39-29(42)25(34)20-23-11-6-4-7-12-23/h4-9,11-14,25-28H,2-3,10,15-22,34H2,1H3,(H,38,44)(H,39,42)(H,40,43)(H4,35,36,37)/t25-,26-,27-,28-/m1/s1. The van der Waals surface area contributed by atoms with Crippen molar-refractivity contribution in [3.05, 3.63) is 71.8 Å². The van der Waals surface area contributed by atoms with Gasteiger partial charge < -0.3 is 42.8 Å². The highest BCUT2D eigenvalue weighted by Crippen LogP contribution is 2.09. The van der Waals surface area contributed by atoms with Crippen molar-refractivity contribution in [2.45, 2.75) is 69.6 Å². The number of hydrogen-bond donors (Lipinski definition) is 6. The molecule has 46 heavy (non-hydrogen) atoms. The fraction of sp³-hybridized carbons (Fsp3) is 0.485. The van der Waals surface area contributed by atoms with Crippen molar-refractivity contribution in [3.63, 3.8) is 0 Å². The molecule has 0 aromatic heterocycles. The summed E-state index contributed by atoms with van der Waals surface area (Å²) in [7, 11) is 0. The van der Waals surface area contributed by atoms with Gasteiger partial charge in [0.25, 0.3) is 0 Å². The zero-order valence-corrected chi connectivity index (χ0v) is 26.5. The second-order valence-corrected chi connectivity index (χ2v) is 11.4. The van der Waals surface area contributed by atoms with Crippen LogP contribution >= 0.6 is 0 Å². The number of rotatable bonds is 16. The van der Waals surface area contributed by atoms with E-state index in [1.165, 1.54) is 0 Å². The molecule has 1 heterocycles. The van der Waals surface area contributed by atoms with E-state index in [4.69, 9.17) is 21.9 Å². The molecule has 1 aliphatic heterocycles. The highest BCUT2D eigenvalue weighted by Gasteiger charge is 2.32. The Balaban J connectivity index is 1.77. The second-order valence-electron chi connectivity index (χ2n) is 11.4. The quantitative estimate of drug-likeness (QED) is 0.109. The summed E-state index contributed by atoms with van der Waals surface area (Å²) in [5.74, 6) is -2.14. The summed E-state index contributed by atoms with van der Waals surface area (Å²) in [6, 6.07) is 14.7. The molecule has 1 aliphatic rings. The fourth-order valence-electron chi connectivity index (χ4n) is 5.09. The predicted molar refractivity (Wildman–Crippen MR) is 176 cm³/mol. The minimum atomic E-state index is -1.05. The third kappa shape index (κ3) is 12.1. The highest BCUT2D eigenvalue weighted by atomic mass is 16.5. The molecule has 0 radical (unpaired) electrons. The van der Waals surface area contributed by atoms with Crippen molar-refractivity contribution < 1.29 is 23.9 Å². The largest absolute Gasteiger partial charge is 0.380 e. The molecule has 13 nitrogen and oxygen atoms in total. The van der Waals surface area contributed by atoms with Crippen LogP contribution in [0.25, 0.3) is 0 Å². The van der Waals surface area contributed by atoms with Gasteiger partial charge in [0.05, 0.1) is 19.2 Å². The summed E-state index contributed by atoms with van der Waals surface area (Å²) in [4.78, 5) is 59.7. The number of hydrogen-bond acceptors (Lipinski definition) is 7. The van der Waals surface area contributed by atoms with E-state index in [9.17, 15) is 19.2 Å². The highest BCUT2D eigenvalue weighted by molar-refractivity contribution is 5.95. The first kappa shape index (κ1) is 36.0. The first-order valence-electron chi connectivity index (χ1n) is 15.8. The Labute approximate surface area is 270 Å². The van der Waals surface area contributed by atoms with Gasteiger partial charge in [0.2, 0.25) is 23.6 Å². The van der Waals surface area contributed by atoms with E-state index >= 15 is 0 Å². The van der Waals surface area contributed by atoms with Crippen molar-refractivity contribution >= 4 is 29.6 Å². The van der Waals surface area contributed by atoms with Crippen LogP contribution in [-0.4, -0.2) is 91.5 Å². The van der Waals surface area contributed by atoms with Crippen molar-refractivity contribution in [2.24, 2.45) is 22.2 Å². The first-order chi connectivity index (χ1) is 22.2. The van der Waals surface area contributed by atoms with Gasteiger partial charge in [-0.2, -0.15) is 0 Å². The molecule has 250 valence electrons. The Morgan fingerprint density at radius 1 is 0.804 bits per heavy atom. The number of ether oxygens (including phenoxy) is 1. The second kappa shape index (κ2) is 19.1. The topological polar surface area (TPSA) is 207 Å².